The van der Waals surface area contributed by atoms with Crippen molar-refractivity contribution in [1.82, 2.24) is 10.6 Å². The molecule has 1 heterocycles. The summed E-state index contributed by atoms with van der Waals surface area (Å²) in [5.74, 6) is 0.120. The highest BCUT2D eigenvalue weighted by molar-refractivity contribution is 5.74. The molecule has 3 N–H and O–H groups in total. The van der Waals surface area contributed by atoms with E-state index in [2.05, 4.69) is 10.6 Å². The van der Waals surface area contributed by atoms with E-state index in [1.165, 1.54) is 0 Å². The average Bonchev–Trinajstić information content (AvgIpc) is 3.07. The molecule has 5 nitrogen and oxygen atoms in total. The summed E-state index contributed by atoms with van der Waals surface area (Å²) in [5.41, 5.74) is 1.13. The van der Waals surface area contributed by atoms with Crippen molar-refractivity contribution in [2.24, 2.45) is 0 Å². The average molecular weight is 306 g/mol. The molecule has 3 atom stereocenters. The fourth-order valence-corrected chi connectivity index (χ4v) is 2.83. The molecule has 1 aliphatic heterocycles. The molecule has 1 fully saturated rings. The molecule has 1 saturated heterocycles. The van der Waals surface area contributed by atoms with E-state index in [4.69, 9.17) is 4.74 Å². The Balaban J connectivity index is 1.80. The van der Waals surface area contributed by atoms with Gasteiger partial charge in [-0.15, -0.1) is 0 Å². The van der Waals surface area contributed by atoms with E-state index in [1.807, 2.05) is 37.3 Å². The summed E-state index contributed by atoms with van der Waals surface area (Å²) >= 11 is 0. The van der Waals surface area contributed by atoms with Crippen molar-refractivity contribution < 1.29 is 14.6 Å². The molecule has 0 aromatic heterocycles. The van der Waals surface area contributed by atoms with E-state index in [-0.39, 0.29) is 30.7 Å². The molecule has 0 aliphatic carbocycles. The number of carbonyl (C=O) groups excluding carboxylic acids is 1. The number of urea groups is 1. The molecule has 122 valence electrons. The van der Waals surface area contributed by atoms with Gasteiger partial charge in [0.1, 0.15) is 0 Å². The second-order valence-electron chi connectivity index (χ2n) is 5.81. The van der Waals surface area contributed by atoms with Gasteiger partial charge in [-0.25, -0.2) is 4.79 Å². The van der Waals surface area contributed by atoms with Crippen molar-refractivity contribution in [2.45, 2.75) is 44.2 Å². The van der Waals surface area contributed by atoms with Crippen LogP contribution in [-0.2, 0) is 4.74 Å². The smallest absolute Gasteiger partial charge is 0.315 e. The molecule has 0 bridgehead atoms. The number of hydrogen-bond donors (Lipinski definition) is 3. The Labute approximate surface area is 132 Å². The number of nitrogens with one attached hydrogen (secondary N) is 2. The third-order valence-corrected chi connectivity index (χ3v) is 4.14. The summed E-state index contributed by atoms with van der Waals surface area (Å²) in [6.07, 6.45) is 2.81. The molecule has 0 spiro atoms. The van der Waals surface area contributed by atoms with Crippen LogP contribution in [0, 0.1) is 0 Å². The van der Waals surface area contributed by atoms with Crippen molar-refractivity contribution in [2.75, 3.05) is 19.8 Å². The van der Waals surface area contributed by atoms with Crippen LogP contribution in [0.2, 0.25) is 0 Å². The molecule has 1 aromatic carbocycles. The van der Waals surface area contributed by atoms with Gasteiger partial charge in [-0.3, -0.25) is 0 Å². The number of benzene rings is 1. The highest BCUT2D eigenvalue weighted by atomic mass is 16.5. The number of aliphatic hydroxyl groups is 1. The van der Waals surface area contributed by atoms with Gasteiger partial charge in [0.05, 0.1) is 12.1 Å². The van der Waals surface area contributed by atoms with E-state index < -0.39 is 0 Å². The Kier molecular flexibility index (Phi) is 6.68. The first kappa shape index (κ1) is 16.8. The van der Waals surface area contributed by atoms with Gasteiger partial charge in [0, 0.05) is 25.7 Å². The first-order chi connectivity index (χ1) is 10.7. The Morgan fingerprint density at radius 2 is 2.18 bits per heavy atom. The van der Waals surface area contributed by atoms with Gasteiger partial charge in [-0.2, -0.15) is 0 Å². The molecular weight excluding hydrogens is 280 g/mol. The lowest BCUT2D eigenvalue weighted by Gasteiger charge is -2.22. The number of aliphatic hydroxyl groups excluding tert-OH is 1. The minimum atomic E-state index is -0.179. The summed E-state index contributed by atoms with van der Waals surface area (Å²) in [5, 5.41) is 15.0. The van der Waals surface area contributed by atoms with Crippen LogP contribution in [-0.4, -0.2) is 43.0 Å². The largest absolute Gasteiger partial charge is 0.396 e. The molecule has 0 radical (unpaired) electrons. The minimum absolute atomic E-state index is 0.00974. The summed E-state index contributed by atoms with van der Waals surface area (Å²) in [6.45, 7) is 3.37. The number of rotatable bonds is 7. The van der Waals surface area contributed by atoms with Crippen molar-refractivity contribution in [3.8, 4) is 0 Å². The summed E-state index contributed by atoms with van der Waals surface area (Å²) in [4.78, 5) is 12.0. The maximum Gasteiger partial charge on any atom is 0.315 e. The van der Waals surface area contributed by atoms with Gasteiger partial charge in [0.25, 0.3) is 0 Å². The van der Waals surface area contributed by atoms with Crippen molar-refractivity contribution in [1.29, 1.82) is 0 Å². The van der Waals surface area contributed by atoms with Crippen molar-refractivity contribution in [3.05, 3.63) is 35.9 Å². The Hall–Kier alpha value is -1.59. The van der Waals surface area contributed by atoms with E-state index in [0.29, 0.717) is 13.0 Å². The van der Waals surface area contributed by atoms with Crippen LogP contribution in [0.15, 0.2) is 30.3 Å². The predicted molar refractivity (Wildman–Crippen MR) is 85.9 cm³/mol. The molecule has 1 aromatic rings. The third-order valence-electron chi connectivity index (χ3n) is 4.14. The standard InChI is InChI=1S/C17H26N2O3/c1-13(16-8-5-11-22-16)19-17(21)18-12-15(9-10-20)14-6-3-2-4-7-14/h2-4,6-7,13,15-16,20H,5,8-12H2,1H3,(H2,18,19,21). The second kappa shape index (κ2) is 8.76. The zero-order chi connectivity index (χ0) is 15.8. The molecule has 0 saturated carbocycles. The summed E-state index contributed by atoms with van der Waals surface area (Å²) < 4.78 is 5.57. The number of amides is 2. The van der Waals surface area contributed by atoms with E-state index in [0.717, 1.165) is 25.0 Å². The topological polar surface area (TPSA) is 70.6 Å². The molecular formula is C17H26N2O3. The lowest BCUT2D eigenvalue weighted by molar-refractivity contribution is 0.0860. The van der Waals surface area contributed by atoms with Crippen LogP contribution < -0.4 is 10.6 Å². The quantitative estimate of drug-likeness (QED) is 0.722. The minimum Gasteiger partial charge on any atom is -0.396 e. The molecule has 22 heavy (non-hydrogen) atoms. The summed E-state index contributed by atoms with van der Waals surface area (Å²) in [6, 6.07) is 9.78. The Bertz CT molecular complexity index is 446. The maximum absolute atomic E-state index is 12.0. The molecule has 1 aliphatic rings. The molecule has 2 amide bonds. The third kappa shape index (κ3) is 5.00. The van der Waals surface area contributed by atoms with Gasteiger partial charge < -0.3 is 20.5 Å². The van der Waals surface area contributed by atoms with Gasteiger partial charge >= 0.3 is 6.03 Å². The Morgan fingerprint density at radius 3 is 2.82 bits per heavy atom. The Morgan fingerprint density at radius 1 is 1.41 bits per heavy atom. The van der Waals surface area contributed by atoms with Crippen LogP contribution in [0.5, 0.6) is 0 Å². The van der Waals surface area contributed by atoms with Crippen LogP contribution in [0.3, 0.4) is 0 Å². The lowest BCUT2D eigenvalue weighted by atomic mass is 9.96. The van der Waals surface area contributed by atoms with Crippen LogP contribution in [0.4, 0.5) is 4.79 Å². The highest BCUT2D eigenvalue weighted by Crippen LogP contribution is 2.18. The summed E-state index contributed by atoms with van der Waals surface area (Å²) in [7, 11) is 0. The van der Waals surface area contributed by atoms with Crippen LogP contribution in [0.1, 0.15) is 37.7 Å². The lowest BCUT2D eigenvalue weighted by Crippen LogP contribution is -2.46. The molecule has 5 heteroatoms. The zero-order valence-electron chi connectivity index (χ0n) is 13.1. The fourth-order valence-electron chi connectivity index (χ4n) is 2.83. The van der Waals surface area contributed by atoms with E-state index in [1.54, 1.807) is 0 Å². The van der Waals surface area contributed by atoms with Crippen LogP contribution in [0.25, 0.3) is 0 Å². The van der Waals surface area contributed by atoms with Gasteiger partial charge in [0.15, 0.2) is 0 Å². The molecule has 2 rings (SSSR count). The monoisotopic (exact) mass is 306 g/mol. The normalized spacial score (nSPS) is 20.4. The predicted octanol–water partition coefficient (Wildman–Crippen LogP) is 2.02. The number of carbonyl (C=O) groups is 1. The maximum atomic E-state index is 12.0. The van der Waals surface area contributed by atoms with Crippen LogP contribution >= 0.6 is 0 Å². The van der Waals surface area contributed by atoms with Crippen molar-refractivity contribution in [3.63, 3.8) is 0 Å². The first-order valence-electron chi connectivity index (χ1n) is 8.02. The highest BCUT2D eigenvalue weighted by Gasteiger charge is 2.23. The van der Waals surface area contributed by atoms with E-state index >= 15 is 0 Å². The SMILES string of the molecule is CC(NC(=O)NCC(CCO)c1ccccc1)C1CCCO1. The van der Waals surface area contributed by atoms with Gasteiger partial charge in [0.2, 0.25) is 0 Å². The zero-order valence-corrected chi connectivity index (χ0v) is 13.1. The van der Waals surface area contributed by atoms with Gasteiger partial charge in [-0.1, -0.05) is 30.3 Å². The number of ether oxygens (including phenoxy) is 1. The molecule has 3 unspecified atom stereocenters. The fraction of sp³-hybridized carbons (Fsp3) is 0.588. The second-order valence-corrected chi connectivity index (χ2v) is 5.81. The first-order valence-corrected chi connectivity index (χ1v) is 8.02. The van der Waals surface area contributed by atoms with E-state index in [9.17, 15) is 9.90 Å². The van der Waals surface area contributed by atoms with Gasteiger partial charge in [-0.05, 0) is 31.7 Å². The number of hydrogen-bond acceptors (Lipinski definition) is 3. The van der Waals surface area contributed by atoms with Crippen molar-refractivity contribution >= 4 is 6.03 Å².